The van der Waals surface area contributed by atoms with E-state index in [2.05, 4.69) is 10.3 Å². The summed E-state index contributed by atoms with van der Waals surface area (Å²) >= 11 is 12.1. The summed E-state index contributed by atoms with van der Waals surface area (Å²) in [5.74, 6) is -0.531. The van der Waals surface area contributed by atoms with Gasteiger partial charge in [-0.25, -0.2) is 9.37 Å². The number of halogens is 6. The predicted molar refractivity (Wildman–Crippen MR) is 106 cm³/mol. The zero-order valence-corrected chi connectivity index (χ0v) is 16.4. The summed E-state index contributed by atoms with van der Waals surface area (Å²) in [6.45, 7) is -0.0913. The first-order valence-electron chi connectivity index (χ1n) is 8.49. The van der Waals surface area contributed by atoms with E-state index in [1.165, 1.54) is 34.7 Å². The van der Waals surface area contributed by atoms with Gasteiger partial charge in [-0.1, -0.05) is 41.4 Å². The molecule has 0 radical (unpaired) electrons. The molecule has 0 unspecified atom stereocenters. The number of nitrogens with one attached hydrogen (secondary N) is 1. The number of imidazole rings is 1. The first-order chi connectivity index (χ1) is 14.2. The zero-order chi connectivity index (χ0) is 21.6. The van der Waals surface area contributed by atoms with Gasteiger partial charge in [-0.2, -0.15) is 18.4 Å². The van der Waals surface area contributed by atoms with E-state index in [9.17, 15) is 22.8 Å². The lowest BCUT2D eigenvalue weighted by molar-refractivity contribution is -0.137. The van der Waals surface area contributed by atoms with Gasteiger partial charge in [0.05, 0.1) is 26.6 Å². The summed E-state index contributed by atoms with van der Waals surface area (Å²) in [6, 6.07) is 11.1. The number of alkyl halides is 3. The lowest BCUT2D eigenvalue weighted by atomic mass is 10.1. The maximum atomic E-state index is 14.0. The molecule has 30 heavy (non-hydrogen) atoms. The van der Waals surface area contributed by atoms with Crippen molar-refractivity contribution in [3.63, 3.8) is 0 Å². The molecule has 0 spiro atoms. The molecule has 4 nitrogen and oxygen atoms in total. The topological polar surface area (TPSA) is 53.1 Å². The van der Waals surface area contributed by atoms with Crippen molar-refractivity contribution in [1.82, 2.24) is 9.38 Å². The second kappa shape index (κ2) is 7.35. The largest absolute Gasteiger partial charge is 0.417 e. The van der Waals surface area contributed by atoms with Gasteiger partial charge in [0.15, 0.2) is 5.65 Å². The fourth-order valence-electron chi connectivity index (χ4n) is 3.17. The molecule has 0 aliphatic rings. The Morgan fingerprint density at radius 2 is 1.80 bits per heavy atom. The minimum Gasteiger partial charge on any atom is -0.367 e. The second-order valence-corrected chi connectivity index (χ2v) is 7.21. The van der Waals surface area contributed by atoms with Crippen LogP contribution >= 0.6 is 23.2 Å². The van der Waals surface area contributed by atoms with E-state index in [-0.39, 0.29) is 39.1 Å². The molecule has 0 aliphatic carbocycles. The maximum absolute atomic E-state index is 14.0. The van der Waals surface area contributed by atoms with Crippen LogP contribution in [0.25, 0.3) is 16.7 Å². The van der Waals surface area contributed by atoms with Crippen LogP contribution in [0, 0.1) is 17.1 Å². The smallest absolute Gasteiger partial charge is 0.367 e. The molecule has 0 saturated carbocycles. The van der Waals surface area contributed by atoms with Crippen molar-refractivity contribution in [3.05, 3.63) is 75.0 Å². The molecule has 0 atom stereocenters. The van der Waals surface area contributed by atoms with Crippen LogP contribution in [0.1, 0.15) is 16.7 Å². The number of nitriles is 1. The summed E-state index contributed by atoms with van der Waals surface area (Å²) in [5, 5.41) is 12.6. The number of hydrogen-bond acceptors (Lipinski definition) is 3. The fourth-order valence-corrected chi connectivity index (χ4v) is 3.49. The second-order valence-electron chi connectivity index (χ2n) is 6.40. The Morgan fingerprint density at radius 3 is 2.47 bits per heavy atom. The number of rotatable bonds is 3. The summed E-state index contributed by atoms with van der Waals surface area (Å²) in [6.07, 6.45) is -4.80. The Bertz CT molecular complexity index is 1340. The molecule has 2 aromatic heterocycles. The summed E-state index contributed by atoms with van der Waals surface area (Å²) < 4.78 is 56.2. The average Bonchev–Trinajstić information content (AvgIpc) is 3.04. The molecule has 0 bridgehead atoms. The summed E-state index contributed by atoms with van der Waals surface area (Å²) in [4.78, 5) is 4.18. The van der Waals surface area contributed by atoms with Crippen LogP contribution in [0.15, 0.2) is 42.5 Å². The lowest BCUT2D eigenvalue weighted by Crippen LogP contribution is -2.13. The number of fused-ring (bicyclic) bond motifs is 3. The zero-order valence-electron chi connectivity index (χ0n) is 14.9. The van der Waals surface area contributed by atoms with E-state index in [0.29, 0.717) is 5.52 Å². The first kappa shape index (κ1) is 20.3. The molecule has 0 amide bonds. The normalized spacial score (nSPS) is 11.8. The number of aromatic nitrogens is 2. The molecular formula is C20H10Cl2F4N4. The maximum Gasteiger partial charge on any atom is 0.417 e. The molecule has 0 aliphatic heterocycles. The van der Waals surface area contributed by atoms with E-state index >= 15 is 0 Å². The molecule has 10 heteroatoms. The van der Waals surface area contributed by atoms with Crippen LogP contribution in [0.2, 0.25) is 10.0 Å². The van der Waals surface area contributed by atoms with Gasteiger partial charge < -0.3 is 5.32 Å². The molecule has 152 valence electrons. The SMILES string of the molecule is N#Cc1c(C(F)(F)F)cc(NCc2ccccc2F)n2c1nc1cc(Cl)c(Cl)cc12. The summed E-state index contributed by atoms with van der Waals surface area (Å²) in [5.41, 5.74) is -1.14. The van der Waals surface area contributed by atoms with Crippen molar-refractivity contribution >= 4 is 45.7 Å². The molecule has 4 rings (SSSR count). The molecule has 0 saturated heterocycles. The van der Waals surface area contributed by atoms with Gasteiger partial charge in [0, 0.05) is 12.1 Å². The molecule has 2 heterocycles. The van der Waals surface area contributed by atoms with E-state index in [1.807, 2.05) is 0 Å². The Labute approximate surface area is 177 Å². The van der Waals surface area contributed by atoms with Gasteiger partial charge in [0.25, 0.3) is 0 Å². The predicted octanol–water partition coefficient (Wildman–Crippen LogP) is 6.44. The van der Waals surface area contributed by atoms with Gasteiger partial charge in [0.1, 0.15) is 23.3 Å². The molecule has 0 fully saturated rings. The van der Waals surface area contributed by atoms with Crippen molar-refractivity contribution < 1.29 is 17.6 Å². The Morgan fingerprint density at radius 1 is 1.10 bits per heavy atom. The Kier molecular flexibility index (Phi) is 4.96. The highest BCUT2D eigenvalue weighted by Crippen LogP contribution is 2.38. The van der Waals surface area contributed by atoms with Crippen LogP contribution in [0.5, 0.6) is 0 Å². The number of hydrogen-bond donors (Lipinski definition) is 1. The van der Waals surface area contributed by atoms with Crippen molar-refractivity contribution in [2.45, 2.75) is 12.7 Å². The average molecular weight is 453 g/mol. The van der Waals surface area contributed by atoms with Gasteiger partial charge in [0.2, 0.25) is 0 Å². The summed E-state index contributed by atoms with van der Waals surface area (Å²) in [7, 11) is 0. The highest BCUT2D eigenvalue weighted by atomic mass is 35.5. The van der Waals surface area contributed by atoms with Crippen LogP contribution in [-0.4, -0.2) is 9.38 Å². The van der Waals surface area contributed by atoms with Crippen LogP contribution in [0.4, 0.5) is 23.4 Å². The third-order valence-corrected chi connectivity index (χ3v) is 5.27. The van der Waals surface area contributed by atoms with Crippen molar-refractivity contribution in [3.8, 4) is 6.07 Å². The first-order valence-corrected chi connectivity index (χ1v) is 9.25. The van der Waals surface area contributed by atoms with E-state index in [1.54, 1.807) is 12.1 Å². The highest BCUT2D eigenvalue weighted by molar-refractivity contribution is 6.42. The molecular weight excluding hydrogens is 443 g/mol. The van der Waals surface area contributed by atoms with Crippen molar-refractivity contribution in [2.75, 3.05) is 5.32 Å². The number of pyridine rings is 1. The minimum absolute atomic E-state index is 0.0273. The van der Waals surface area contributed by atoms with Gasteiger partial charge in [-0.05, 0) is 24.3 Å². The number of benzene rings is 2. The minimum atomic E-state index is -4.80. The van der Waals surface area contributed by atoms with Crippen LogP contribution < -0.4 is 5.32 Å². The van der Waals surface area contributed by atoms with Gasteiger partial charge in [-0.15, -0.1) is 0 Å². The standard InChI is InChI=1S/C20H10Cl2F4N4/c21-13-6-16-17(7-14(13)22)30-18(28-9-10-3-1-2-4-15(10)23)5-12(20(24,25)26)11(8-27)19(30)29-16/h1-7,28H,9H2. The molecule has 4 aromatic rings. The third-order valence-electron chi connectivity index (χ3n) is 4.55. The quantitative estimate of drug-likeness (QED) is 0.364. The van der Waals surface area contributed by atoms with E-state index < -0.39 is 23.1 Å². The lowest BCUT2D eigenvalue weighted by Gasteiger charge is -2.16. The Balaban J connectivity index is 2.00. The van der Waals surface area contributed by atoms with E-state index in [4.69, 9.17) is 23.2 Å². The number of anilines is 1. The molecule has 2 aromatic carbocycles. The van der Waals surface area contributed by atoms with Crippen LogP contribution in [0.3, 0.4) is 0 Å². The molecule has 1 N–H and O–H groups in total. The number of nitrogens with zero attached hydrogens (tertiary/aromatic N) is 3. The Hall–Kier alpha value is -3.02. The fraction of sp³-hybridized carbons (Fsp3) is 0.100. The van der Waals surface area contributed by atoms with Gasteiger partial charge in [-0.3, -0.25) is 4.40 Å². The highest BCUT2D eigenvalue weighted by Gasteiger charge is 2.36. The third kappa shape index (κ3) is 3.40. The van der Waals surface area contributed by atoms with E-state index in [0.717, 1.165) is 6.07 Å². The monoisotopic (exact) mass is 452 g/mol. The van der Waals surface area contributed by atoms with Gasteiger partial charge >= 0.3 is 6.18 Å². The van der Waals surface area contributed by atoms with Crippen LogP contribution in [-0.2, 0) is 12.7 Å². The van der Waals surface area contributed by atoms with Crippen molar-refractivity contribution in [1.29, 1.82) is 5.26 Å². The van der Waals surface area contributed by atoms with Crippen molar-refractivity contribution in [2.24, 2.45) is 0 Å².